The molecule has 0 atom stereocenters. The molecular formula is C12H25OS. The third-order valence-electron chi connectivity index (χ3n) is 2.33. The summed E-state index contributed by atoms with van der Waals surface area (Å²) in [7, 11) is 0. The molecule has 0 saturated carbocycles. The van der Waals surface area contributed by atoms with Gasteiger partial charge < -0.3 is 0 Å². The normalized spacial score (nSPS) is 10.7. The van der Waals surface area contributed by atoms with Gasteiger partial charge in [0, 0.05) is 0 Å². The number of thioether (sulfide) groups is 1. The van der Waals surface area contributed by atoms with Gasteiger partial charge in [0.05, 0.1) is 6.61 Å². The van der Waals surface area contributed by atoms with Crippen LogP contribution < -0.4 is 0 Å². The Morgan fingerprint density at radius 2 is 1.36 bits per heavy atom. The molecule has 1 nitrogen and oxygen atoms in total. The topological polar surface area (TPSA) is 19.9 Å². The van der Waals surface area contributed by atoms with Crippen LogP contribution in [0, 0.1) is 0 Å². The van der Waals surface area contributed by atoms with Crippen molar-refractivity contribution in [1.82, 2.24) is 0 Å². The Labute approximate surface area is 93.7 Å². The average molecular weight is 217 g/mol. The summed E-state index contributed by atoms with van der Waals surface area (Å²) in [6.07, 6.45) is 10.1. The Morgan fingerprint density at radius 3 is 1.93 bits per heavy atom. The van der Waals surface area contributed by atoms with E-state index in [1.807, 2.05) is 0 Å². The summed E-state index contributed by atoms with van der Waals surface area (Å²) in [5.41, 5.74) is 0. The molecule has 0 aromatic carbocycles. The zero-order valence-electron chi connectivity index (χ0n) is 9.59. The monoisotopic (exact) mass is 217 g/mol. The van der Waals surface area contributed by atoms with Crippen molar-refractivity contribution in [2.45, 2.75) is 58.3 Å². The minimum Gasteiger partial charge on any atom is -0.237 e. The van der Waals surface area contributed by atoms with Gasteiger partial charge >= 0.3 is 0 Å². The van der Waals surface area contributed by atoms with Crippen LogP contribution in [0.5, 0.6) is 0 Å². The molecule has 0 rings (SSSR count). The SMILES string of the molecule is CCCCCCSCCCCCC[O]. The lowest BCUT2D eigenvalue weighted by Crippen LogP contribution is -1.87. The number of hydrogen-bond acceptors (Lipinski definition) is 1. The first-order valence-electron chi connectivity index (χ1n) is 6.07. The van der Waals surface area contributed by atoms with Crippen molar-refractivity contribution in [3.8, 4) is 0 Å². The molecule has 0 aromatic rings. The van der Waals surface area contributed by atoms with Crippen LogP contribution in [-0.2, 0) is 5.11 Å². The first kappa shape index (κ1) is 14.3. The minimum atomic E-state index is 0.115. The lowest BCUT2D eigenvalue weighted by atomic mass is 10.2. The molecule has 0 bridgehead atoms. The van der Waals surface area contributed by atoms with Gasteiger partial charge in [-0.25, -0.2) is 5.11 Å². The van der Waals surface area contributed by atoms with E-state index in [0.717, 1.165) is 12.8 Å². The smallest absolute Gasteiger partial charge is 0.0822 e. The van der Waals surface area contributed by atoms with Crippen molar-refractivity contribution < 1.29 is 5.11 Å². The van der Waals surface area contributed by atoms with Crippen molar-refractivity contribution in [1.29, 1.82) is 0 Å². The second-order valence-corrected chi connectivity index (χ2v) is 5.02. The van der Waals surface area contributed by atoms with Gasteiger partial charge in [-0.2, -0.15) is 11.8 Å². The van der Waals surface area contributed by atoms with E-state index in [1.54, 1.807) is 0 Å². The van der Waals surface area contributed by atoms with E-state index in [9.17, 15) is 5.11 Å². The van der Waals surface area contributed by atoms with Crippen LogP contribution in [0.1, 0.15) is 58.3 Å². The maximum Gasteiger partial charge on any atom is 0.0822 e. The Hall–Kier alpha value is 0.310. The van der Waals surface area contributed by atoms with E-state index >= 15 is 0 Å². The van der Waals surface area contributed by atoms with Gasteiger partial charge in [-0.3, -0.25) is 0 Å². The van der Waals surface area contributed by atoms with Crippen LogP contribution in [0.25, 0.3) is 0 Å². The minimum absolute atomic E-state index is 0.115. The number of hydrogen-bond donors (Lipinski definition) is 0. The fraction of sp³-hybridized carbons (Fsp3) is 1.00. The Balaban J connectivity index is 2.78. The second-order valence-electron chi connectivity index (χ2n) is 3.79. The third-order valence-corrected chi connectivity index (χ3v) is 3.48. The molecule has 0 aliphatic heterocycles. The zero-order chi connectivity index (χ0) is 10.5. The molecule has 0 unspecified atom stereocenters. The van der Waals surface area contributed by atoms with Crippen LogP contribution in [0.2, 0.25) is 0 Å². The molecular weight excluding hydrogens is 192 g/mol. The lowest BCUT2D eigenvalue weighted by Gasteiger charge is -2.01. The maximum atomic E-state index is 10.2. The predicted molar refractivity (Wildman–Crippen MR) is 65.5 cm³/mol. The molecule has 1 radical (unpaired) electrons. The number of rotatable bonds is 11. The summed E-state index contributed by atoms with van der Waals surface area (Å²) in [4.78, 5) is 0. The van der Waals surface area contributed by atoms with Crippen LogP contribution in [0.3, 0.4) is 0 Å². The van der Waals surface area contributed by atoms with Crippen molar-refractivity contribution in [3.63, 3.8) is 0 Å². The van der Waals surface area contributed by atoms with E-state index in [4.69, 9.17) is 0 Å². The maximum absolute atomic E-state index is 10.2. The fourth-order valence-corrected chi connectivity index (χ4v) is 2.41. The van der Waals surface area contributed by atoms with Gasteiger partial charge in [0.15, 0.2) is 0 Å². The van der Waals surface area contributed by atoms with E-state index in [1.165, 1.54) is 50.0 Å². The molecule has 0 saturated heterocycles. The molecule has 0 fully saturated rings. The summed E-state index contributed by atoms with van der Waals surface area (Å²) in [5, 5.41) is 10.2. The fourth-order valence-electron chi connectivity index (χ4n) is 1.39. The zero-order valence-corrected chi connectivity index (χ0v) is 10.4. The summed E-state index contributed by atoms with van der Waals surface area (Å²) < 4.78 is 0. The first-order valence-corrected chi connectivity index (χ1v) is 7.23. The molecule has 0 amide bonds. The first-order chi connectivity index (χ1) is 6.91. The molecule has 85 valence electrons. The largest absolute Gasteiger partial charge is 0.237 e. The van der Waals surface area contributed by atoms with E-state index < -0.39 is 0 Å². The van der Waals surface area contributed by atoms with Gasteiger partial charge in [-0.15, -0.1) is 0 Å². The Kier molecular flexibility index (Phi) is 13.6. The summed E-state index contributed by atoms with van der Waals surface area (Å²) >= 11 is 2.08. The highest BCUT2D eigenvalue weighted by Crippen LogP contribution is 2.11. The molecule has 0 spiro atoms. The van der Waals surface area contributed by atoms with Gasteiger partial charge in [-0.05, 0) is 30.8 Å². The van der Waals surface area contributed by atoms with Crippen molar-refractivity contribution in [2.75, 3.05) is 18.1 Å². The van der Waals surface area contributed by atoms with Crippen LogP contribution in [0.15, 0.2) is 0 Å². The highest BCUT2D eigenvalue weighted by molar-refractivity contribution is 7.99. The molecule has 14 heavy (non-hydrogen) atoms. The van der Waals surface area contributed by atoms with E-state index in [2.05, 4.69) is 18.7 Å². The van der Waals surface area contributed by atoms with Crippen molar-refractivity contribution in [2.24, 2.45) is 0 Å². The Morgan fingerprint density at radius 1 is 0.786 bits per heavy atom. The quantitative estimate of drug-likeness (QED) is 0.473. The van der Waals surface area contributed by atoms with E-state index in [0.29, 0.717) is 0 Å². The Bertz CT molecular complexity index is 84.3. The molecule has 2 heteroatoms. The molecule has 0 aliphatic carbocycles. The third kappa shape index (κ3) is 12.3. The molecule has 0 aromatic heterocycles. The standard InChI is InChI=1S/C12H25OS/c1-2-3-4-8-11-14-12-9-6-5-7-10-13/h2-12H2,1H3. The predicted octanol–water partition coefficient (Wildman–Crippen LogP) is 4.29. The summed E-state index contributed by atoms with van der Waals surface area (Å²) in [5.74, 6) is 2.63. The molecule has 0 aliphatic rings. The second kappa shape index (κ2) is 13.3. The van der Waals surface area contributed by atoms with Crippen LogP contribution >= 0.6 is 11.8 Å². The van der Waals surface area contributed by atoms with Gasteiger partial charge in [0.1, 0.15) is 0 Å². The van der Waals surface area contributed by atoms with Gasteiger partial charge in [-0.1, -0.05) is 39.0 Å². The van der Waals surface area contributed by atoms with Crippen molar-refractivity contribution >= 4 is 11.8 Å². The highest BCUT2D eigenvalue weighted by atomic mass is 32.2. The lowest BCUT2D eigenvalue weighted by molar-refractivity contribution is 0.186. The van der Waals surface area contributed by atoms with Gasteiger partial charge in [0.25, 0.3) is 0 Å². The average Bonchev–Trinajstić information content (AvgIpc) is 2.21. The number of unbranched alkanes of at least 4 members (excludes halogenated alkanes) is 6. The van der Waals surface area contributed by atoms with Crippen molar-refractivity contribution in [3.05, 3.63) is 0 Å². The molecule has 0 heterocycles. The molecule has 0 N–H and O–H groups in total. The van der Waals surface area contributed by atoms with E-state index in [-0.39, 0.29) is 6.61 Å². The van der Waals surface area contributed by atoms with Gasteiger partial charge in [0.2, 0.25) is 0 Å². The van der Waals surface area contributed by atoms with Crippen LogP contribution in [-0.4, -0.2) is 18.1 Å². The summed E-state index contributed by atoms with van der Waals surface area (Å²) in [6.45, 7) is 2.37. The highest BCUT2D eigenvalue weighted by Gasteiger charge is 1.92. The summed E-state index contributed by atoms with van der Waals surface area (Å²) in [6, 6.07) is 0. The van der Waals surface area contributed by atoms with Crippen LogP contribution in [0.4, 0.5) is 0 Å².